The first-order valence-electron chi connectivity index (χ1n) is 10.5. The van der Waals surface area contributed by atoms with Crippen molar-refractivity contribution in [2.24, 2.45) is 5.92 Å². The Bertz CT molecular complexity index is 1260. The molecule has 0 amide bonds. The zero-order chi connectivity index (χ0) is 21.6. The van der Waals surface area contributed by atoms with Crippen LogP contribution in [0.1, 0.15) is 38.2 Å². The van der Waals surface area contributed by atoms with Gasteiger partial charge in [-0.2, -0.15) is 0 Å². The van der Waals surface area contributed by atoms with Crippen LogP contribution in [0.4, 0.5) is 5.69 Å². The van der Waals surface area contributed by atoms with E-state index in [4.69, 9.17) is 9.47 Å². The van der Waals surface area contributed by atoms with E-state index in [0.29, 0.717) is 11.6 Å². The number of para-hydroxylation sites is 1. The molecule has 1 unspecified atom stereocenters. The summed E-state index contributed by atoms with van der Waals surface area (Å²) in [4.78, 5) is 3.30. The number of nitrogens with one attached hydrogen (secondary N) is 2. The van der Waals surface area contributed by atoms with Gasteiger partial charge in [0.15, 0.2) is 5.76 Å². The van der Waals surface area contributed by atoms with Crippen LogP contribution in [0.5, 0.6) is 0 Å². The van der Waals surface area contributed by atoms with E-state index >= 15 is 0 Å². The minimum atomic E-state index is -3.38. The fourth-order valence-electron chi connectivity index (χ4n) is 4.59. The molecule has 5 rings (SSSR count). The number of fused-ring (bicyclic) bond motifs is 1. The summed E-state index contributed by atoms with van der Waals surface area (Å²) >= 11 is 0. The molecule has 1 aromatic heterocycles. The number of sulfonamides is 1. The minimum absolute atomic E-state index is 0.396. The van der Waals surface area contributed by atoms with Gasteiger partial charge in [-0.25, -0.2) is 8.42 Å². The number of H-pyrrole nitrogens is 1. The summed E-state index contributed by atoms with van der Waals surface area (Å²) in [5.74, 6) is 1.96. The van der Waals surface area contributed by atoms with Crippen LogP contribution in [0.3, 0.4) is 0 Å². The summed E-state index contributed by atoms with van der Waals surface area (Å²) in [7, 11) is -3.38. The number of hydrogen-bond donors (Lipinski definition) is 2. The zero-order valence-corrected chi connectivity index (χ0v) is 18.5. The molecular formula is C24H26N2O4S. The van der Waals surface area contributed by atoms with Crippen molar-refractivity contribution in [3.63, 3.8) is 0 Å². The van der Waals surface area contributed by atoms with Crippen LogP contribution >= 0.6 is 0 Å². The molecule has 0 spiro atoms. The van der Waals surface area contributed by atoms with Crippen molar-refractivity contribution < 1.29 is 17.9 Å². The maximum atomic E-state index is 11.8. The van der Waals surface area contributed by atoms with Crippen molar-refractivity contribution in [3.8, 4) is 0 Å². The summed E-state index contributed by atoms with van der Waals surface area (Å²) in [6.45, 7) is 2.19. The van der Waals surface area contributed by atoms with Gasteiger partial charge in [-0.05, 0) is 55.7 Å². The van der Waals surface area contributed by atoms with Gasteiger partial charge in [-0.3, -0.25) is 4.72 Å². The monoisotopic (exact) mass is 438 g/mol. The van der Waals surface area contributed by atoms with E-state index in [0.717, 1.165) is 65.5 Å². The molecule has 1 saturated carbocycles. The molecule has 1 aromatic carbocycles. The molecular weight excluding hydrogens is 412 g/mol. The van der Waals surface area contributed by atoms with E-state index in [1.54, 1.807) is 18.6 Å². The average Bonchev–Trinajstić information content (AvgIpc) is 3.52. The normalized spacial score (nSPS) is 20.8. The number of allylic oxidation sites excluding steroid dienone is 5. The molecule has 2 N–H and O–H groups in total. The highest BCUT2D eigenvalue weighted by molar-refractivity contribution is 7.92. The van der Waals surface area contributed by atoms with Crippen molar-refractivity contribution >= 4 is 26.6 Å². The van der Waals surface area contributed by atoms with E-state index in [2.05, 4.69) is 34.9 Å². The molecule has 0 bridgehead atoms. The third kappa shape index (κ3) is 3.67. The number of anilines is 1. The fraction of sp³-hybridized carbons (Fsp3) is 0.333. The van der Waals surface area contributed by atoms with E-state index in [1.165, 1.54) is 0 Å². The summed E-state index contributed by atoms with van der Waals surface area (Å²) in [5.41, 5.74) is 3.12. The van der Waals surface area contributed by atoms with Gasteiger partial charge < -0.3 is 14.5 Å². The standard InChI is InChI=1S/C24H26N2O4S/c1-24(17-11-12-17,22-15-29-14-21(30-22)16-7-4-3-5-8-16)19-13-25-23-18(19)9-6-10-20(23)26-31(2,27)28/h3-4,6-7,9-10,13-15,17,25-26H,5,8,11-12H2,1-2H3. The molecule has 1 aliphatic heterocycles. The Morgan fingerprint density at radius 1 is 1.23 bits per heavy atom. The second kappa shape index (κ2) is 7.34. The van der Waals surface area contributed by atoms with Crippen LogP contribution < -0.4 is 4.72 Å². The Morgan fingerprint density at radius 2 is 2.06 bits per heavy atom. The Balaban J connectivity index is 1.55. The largest absolute Gasteiger partial charge is 0.465 e. The van der Waals surface area contributed by atoms with Crippen LogP contribution in [0.25, 0.3) is 10.9 Å². The average molecular weight is 439 g/mol. The van der Waals surface area contributed by atoms with Gasteiger partial charge in [0.2, 0.25) is 10.0 Å². The Morgan fingerprint density at radius 3 is 2.77 bits per heavy atom. The number of benzene rings is 1. The van der Waals surface area contributed by atoms with Gasteiger partial charge in [0, 0.05) is 11.6 Å². The van der Waals surface area contributed by atoms with Gasteiger partial charge >= 0.3 is 0 Å². The molecule has 3 aliphatic rings. The van der Waals surface area contributed by atoms with E-state index < -0.39 is 15.4 Å². The lowest BCUT2D eigenvalue weighted by Gasteiger charge is -2.34. The van der Waals surface area contributed by atoms with E-state index in [9.17, 15) is 8.42 Å². The Hall–Kier alpha value is -2.93. The van der Waals surface area contributed by atoms with Gasteiger partial charge in [-0.15, -0.1) is 0 Å². The molecule has 1 fully saturated rings. The van der Waals surface area contributed by atoms with Crippen molar-refractivity contribution in [2.45, 2.75) is 38.0 Å². The maximum Gasteiger partial charge on any atom is 0.229 e. The van der Waals surface area contributed by atoms with Crippen molar-refractivity contribution in [3.05, 3.63) is 77.8 Å². The lowest BCUT2D eigenvalue weighted by molar-refractivity contribution is 0.174. The Kier molecular flexibility index (Phi) is 4.73. The second-order valence-electron chi connectivity index (χ2n) is 8.64. The molecule has 6 nitrogen and oxygen atoms in total. The van der Waals surface area contributed by atoms with Crippen molar-refractivity contribution in [1.29, 1.82) is 0 Å². The highest BCUT2D eigenvalue weighted by atomic mass is 32.2. The molecule has 0 saturated heterocycles. The van der Waals surface area contributed by atoms with Crippen LogP contribution in [0.2, 0.25) is 0 Å². The first kappa shape index (κ1) is 20.0. The number of aromatic amines is 1. The van der Waals surface area contributed by atoms with Gasteiger partial charge in [0.25, 0.3) is 0 Å². The predicted molar refractivity (Wildman–Crippen MR) is 122 cm³/mol. The maximum absolute atomic E-state index is 11.8. The molecule has 162 valence electrons. The minimum Gasteiger partial charge on any atom is -0.465 e. The third-order valence-electron chi connectivity index (χ3n) is 6.38. The smallest absolute Gasteiger partial charge is 0.229 e. The number of ether oxygens (including phenoxy) is 2. The van der Waals surface area contributed by atoms with Crippen LogP contribution in [-0.2, 0) is 24.9 Å². The van der Waals surface area contributed by atoms with Crippen molar-refractivity contribution in [1.82, 2.24) is 4.98 Å². The van der Waals surface area contributed by atoms with Gasteiger partial charge in [0.1, 0.15) is 18.3 Å². The van der Waals surface area contributed by atoms with Crippen LogP contribution in [0.15, 0.2) is 72.2 Å². The molecule has 2 aromatic rings. The second-order valence-corrected chi connectivity index (χ2v) is 10.4. The van der Waals surface area contributed by atoms with Crippen LogP contribution in [-0.4, -0.2) is 19.7 Å². The first-order chi connectivity index (χ1) is 14.9. The third-order valence-corrected chi connectivity index (χ3v) is 6.97. The molecule has 2 heterocycles. The molecule has 31 heavy (non-hydrogen) atoms. The summed E-state index contributed by atoms with van der Waals surface area (Å²) in [6.07, 6.45) is 16.9. The lowest BCUT2D eigenvalue weighted by Crippen LogP contribution is -2.30. The topological polar surface area (TPSA) is 80.4 Å². The zero-order valence-electron chi connectivity index (χ0n) is 17.6. The van der Waals surface area contributed by atoms with Gasteiger partial charge in [-0.1, -0.05) is 30.4 Å². The molecule has 7 heteroatoms. The SMILES string of the molecule is CC(C1=COC=C(C2=CC=CCC2)O1)(c1c[nH]c2c(NS(C)(=O)=O)cccc12)C1CC1. The van der Waals surface area contributed by atoms with E-state index in [-0.39, 0.29) is 0 Å². The summed E-state index contributed by atoms with van der Waals surface area (Å²) < 4.78 is 38.4. The quantitative estimate of drug-likeness (QED) is 0.649. The Labute approximate surface area is 182 Å². The van der Waals surface area contributed by atoms with Gasteiger partial charge in [0.05, 0.1) is 22.9 Å². The highest BCUT2D eigenvalue weighted by Gasteiger charge is 2.49. The lowest BCUT2D eigenvalue weighted by atomic mass is 9.76. The number of hydrogen-bond acceptors (Lipinski definition) is 4. The summed E-state index contributed by atoms with van der Waals surface area (Å²) in [5, 5.41) is 0.975. The fourth-order valence-corrected chi connectivity index (χ4v) is 5.15. The predicted octanol–water partition coefficient (Wildman–Crippen LogP) is 5.21. The highest BCUT2D eigenvalue weighted by Crippen LogP contribution is 2.54. The van der Waals surface area contributed by atoms with Crippen molar-refractivity contribution in [2.75, 3.05) is 11.0 Å². The molecule has 0 radical (unpaired) electrons. The number of aromatic nitrogens is 1. The number of rotatable bonds is 6. The van der Waals surface area contributed by atoms with Crippen LogP contribution in [0, 0.1) is 5.92 Å². The summed E-state index contributed by atoms with van der Waals surface area (Å²) in [6, 6.07) is 5.66. The molecule has 2 aliphatic carbocycles. The first-order valence-corrected chi connectivity index (χ1v) is 12.4. The van der Waals surface area contributed by atoms with E-state index in [1.807, 2.05) is 18.3 Å². The molecule has 1 atom stereocenters.